The van der Waals surface area contributed by atoms with Crippen molar-refractivity contribution in [3.63, 3.8) is 0 Å². The van der Waals surface area contributed by atoms with Crippen molar-refractivity contribution in [2.24, 2.45) is 11.7 Å². The van der Waals surface area contributed by atoms with E-state index in [9.17, 15) is 4.79 Å². The fraction of sp³-hybridized carbons (Fsp3) is 0.588. The summed E-state index contributed by atoms with van der Waals surface area (Å²) in [5.74, 6) is 0.877. The molecule has 1 aromatic rings. The molecule has 1 amide bonds. The van der Waals surface area contributed by atoms with Crippen LogP contribution in [0.1, 0.15) is 63.5 Å². The number of hydrogen-bond acceptors (Lipinski definition) is 2. The van der Waals surface area contributed by atoms with E-state index in [-0.39, 0.29) is 11.9 Å². The predicted molar refractivity (Wildman–Crippen MR) is 83.5 cm³/mol. The van der Waals surface area contributed by atoms with Crippen molar-refractivity contribution < 1.29 is 4.79 Å². The maximum Gasteiger partial charge on any atom is 0.224 e. The third-order valence-corrected chi connectivity index (χ3v) is 4.20. The highest BCUT2D eigenvalue weighted by Gasteiger charge is 2.14. The van der Waals surface area contributed by atoms with Gasteiger partial charge in [-0.25, -0.2) is 0 Å². The Balaban J connectivity index is 1.80. The van der Waals surface area contributed by atoms with Crippen LogP contribution < -0.4 is 11.1 Å². The van der Waals surface area contributed by atoms with Gasteiger partial charge in [0.05, 0.1) is 0 Å². The van der Waals surface area contributed by atoms with Gasteiger partial charge in [0.15, 0.2) is 0 Å². The minimum absolute atomic E-state index is 0.00547. The highest BCUT2D eigenvalue weighted by atomic mass is 16.1. The number of benzene rings is 1. The lowest BCUT2D eigenvalue weighted by Crippen LogP contribution is -2.15. The first-order chi connectivity index (χ1) is 9.65. The van der Waals surface area contributed by atoms with Crippen LogP contribution in [0.5, 0.6) is 0 Å². The Bertz CT molecular complexity index is 436. The van der Waals surface area contributed by atoms with E-state index in [2.05, 4.69) is 5.32 Å². The largest absolute Gasteiger partial charge is 0.326 e. The number of nitrogens with one attached hydrogen (secondary N) is 1. The molecule has 1 aliphatic carbocycles. The van der Waals surface area contributed by atoms with Gasteiger partial charge < -0.3 is 11.1 Å². The van der Waals surface area contributed by atoms with Crippen LogP contribution >= 0.6 is 0 Å². The first kappa shape index (κ1) is 15.0. The Hall–Kier alpha value is -1.35. The minimum Gasteiger partial charge on any atom is -0.326 e. The normalized spacial score (nSPS) is 17.7. The maximum atomic E-state index is 12.0. The molecule has 1 saturated carbocycles. The van der Waals surface area contributed by atoms with Gasteiger partial charge in [0, 0.05) is 18.2 Å². The number of carbonyl (C=O) groups is 1. The van der Waals surface area contributed by atoms with E-state index >= 15 is 0 Å². The standard InChI is InChI=1S/C17H26N2O/c1-13(18)15-8-5-9-16(12-15)19-17(20)11-10-14-6-3-2-4-7-14/h5,8-9,12-14H,2-4,6-7,10-11,18H2,1H3,(H,19,20). The fourth-order valence-corrected chi connectivity index (χ4v) is 2.93. The SMILES string of the molecule is CC(N)c1cccc(NC(=O)CCC2CCCCC2)c1. The van der Waals surface area contributed by atoms with Gasteiger partial charge in [0.25, 0.3) is 0 Å². The number of anilines is 1. The summed E-state index contributed by atoms with van der Waals surface area (Å²) in [6, 6.07) is 7.81. The number of amides is 1. The molecule has 20 heavy (non-hydrogen) atoms. The van der Waals surface area contributed by atoms with Crippen LogP contribution in [0.15, 0.2) is 24.3 Å². The Morgan fingerprint density at radius 2 is 2.10 bits per heavy atom. The predicted octanol–water partition coefficient (Wildman–Crippen LogP) is 4.01. The van der Waals surface area contributed by atoms with Gasteiger partial charge in [0.2, 0.25) is 5.91 Å². The monoisotopic (exact) mass is 274 g/mol. The molecule has 1 atom stereocenters. The Morgan fingerprint density at radius 1 is 1.35 bits per heavy atom. The molecule has 0 saturated heterocycles. The third kappa shape index (κ3) is 4.64. The summed E-state index contributed by atoms with van der Waals surface area (Å²) in [6.45, 7) is 1.95. The molecule has 0 bridgehead atoms. The summed E-state index contributed by atoms with van der Waals surface area (Å²) in [6.07, 6.45) is 8.30. The maximum absolute atomic E-state index is 12.0. The molecule has 1 fully saturated rings. The molecular weight excluding hydrogens is 248 g/mol. The van der Waals surface area contributed by atoms with Crippen molar-refractivity contribution in [2.75, 3.05) is 5.32 Å². The Labute approximate surface area is 121 Å². The third-order valence-electron chi connectivity index (χ3n) is 4.20. The van der Waals surface area contributed by atoms with Gasteiger partial charge in [-0.3, -0.25) is 4.79 Å². The first-order valence-corrected chi connectivity index (χ1v) is 7.80. The molecule has 0 spiro atoms. The van der Waals surface area contributed by atoms with Crippen molar-refractivity contribution in [3.05, 3.63) is 29.8 Å². The van der Waals surface area contributed by atoms with Gasteiger partial charge in [-0.05, 0) is 37.0 Å². The van der Waals surface area contributed by atoms with E-state index < -0.39 is 0 Å². The highest BCUT2D eigenvalue weighted by molar-refractivity contribution is 5.90. The topological polar surface area (TPSA) is 55.1 Å². The molecule has 1 aromatic carbocycles. The second-order valence-corrected chi connectivity index (χ2v) is 6.01. The molecule has 0 radical (unpaired) electrons. The van der Waals surface area contributed by atoms with Crippen molar-refractivity contribution in [2.45, 2.75) is 57.9 Å². The van der Waals surface area contributed by atoms with E-state index in [0.29, 0.717) is 6.42 Å². The van der Waals surface area contributed by atoms with E-state index in [1.807, 2.05) is 31.2 Å². The Kier molecular flexibility index (Phi) is 5.60. The van der Waals surface area contributed by atoms with E-state index in [1.165, 1.54) is 32.1 Å². The van der Waals surface area contributed by atoms with Gasteiger partial charge in [-0.1, -0.05) is 44.2 Å². The van der Waals surface area contributed by atoms with Crippen LogP contribution in [-0.2, 0) is 4.79 Å². The molecule has 3 nitrogen and oxygen atoms in total. The second-order valence-electron chi connectivity index (χ2n) is 6.01. The van der Waals surface area contributed by atoms with E-state index in [4.69, 9.17) is 5.73 Å². The molecule has 0 aliphatic heterocycles. The fourth-order valence-electron chi connectivity index (χ4n) is 2.93. The summed E-state index contributed by atoms with van der Waals surface area (Å²) in [7, 11) is 0. The van der Waals surface area contributed by atoms with Gasteiger partial charge in [-0.2, -0.15) is 0 Å². The quantitative estimate of drug-likeness (QED) is 0.852. The van der Waals surface area contributed by atoms with Crippen molar-refractivity contribution in [3.8, 4) is 0 Å². The summed E-state index contributed by atoms with van der Waals surface area (Å²) in [5, 5.41) is 2.98. The second kappa shape index (κ2) is 7.44. The molecule has 3 heteroatoms. The van der Waals surface area contributed by atoms with Gasteiger partial charge >= 0.3 is 0 Å². The molecule has 1 aliphatic rings. The lowest BCUT2D eigenvalue weighted by atomic mass is 9.86. The van der Waals surface area contributed by atoms with E-state index in [0.717, 1.165) is 23.6 Å². The van der Waals surface area contributed by atoms with Crippen LogP contribution in [0.4, 0.5) is 5.69 Å². The van der Waals surface area contributed by atoms with Crippen LogP contribution in [-0.4, -0.2) is 5.91 Å². The number of carbonyl (C=O) groups excluding carboxylic acids is 1. The zero-order valence-electron chi connectivity index (χ0n) is 12.4. The Morgan fingerprint density at radius 3 is 2.80 bits per heavy atom. The van der Waals surface area contributed by atoms with Crippen LogP contribution in [0.25, 0.3) is 0 Å². The van der Waals surface area contributed by atoms with E-state index in [1.54, 1.807) is 0 Å². The van der Waals surface area contributed by atoms with Crippen molar-refractivity contribution in [1.82, 2.24) is 0 Å². The molecule has 0 heterocycles. The molecule has 1 unspecified atom stereocenters. The van der Waals surface area contributed by atoms with Crippen LogP contribution in [0, 0.1) is 5.92 Å². The molecular formula is C17H26N2O. The summed E-state index contributed by atoms with van der Waals surface area (Å²) < 4.78 is 0. The van der Waals surface area contributed by atoms with Gasteiger partial charge in [-0.15, -0.1) is 0 Å². The summed E-state index contributed by atoms with van der Waals surface area (Å²) in [4.78, 5) is 12.0. The first-order valence-electron chi connectivity index (χ1n) is 7.80. The average Bonchev–Trinajstić information content (AvgIpc) is 2.46. The van der Waals surface area contributed by atoms with Crippen LogP contribution in [0.2, 0.25) is 0 Å². The highest BCUT2D eigenvalue weighted by Crippen LogP contribution is 2.27. The summed E-state index contributed by atoms with van der Waals surface area (Å²) >= 11 is 0. The zero-order chi connectivity index (χ0) is 14.4. The number of rotatable bonds is 5. The van der Waals surface area contributed by atoms with Crippen LogP contribution in [0.3, 0.4) is 0 Å². The number of nitrogens with two attached hydrogens (primary N) is 1. The molecule has 0 aromatic heterocycles. The molecule has 110 valence electrons. The number of hydrogen-bond donors (Lipinski definition) is 2. The molecule has 3 N–H and O–H groups in total. The average molecular weight is 274 g/mol. The van der Waals surface area contributed by atoms with Gasteiger partial charge in [0.1, 0.15) is 0 Å². The van der Waals surface area contributed by atoms with Crippen molar-refractivity contribution >= 4 is 11.6 Å². The summed E-state index contributed by atoms with van der Waals surface area (Å²) in [5.41, 5.74) is 7.76. The van der Waals surface area contributed by atoms with Crippen molar-refractivity contribution in [1.29, 1.82) is 0 Å². The lowest BCUT2D eigenvalue weighted by molar-refractivity contribution is -0.116. The smallest absolute Gasteiger partial charge is 0.224 e. The molecule has 2 rings (SSSR count). The zero-order valence-corrected chi connectivity index (χ0v) is 12.4. The lowest BCUT2D eigenvalue weighted by Gasteiger charge is -2.21. The minimum atomic E-state index is -0.00547.